The number of ether oxygens (including phenoxy) is 2. The first-order chi connectivity index (χ1) is 12.8. The number of hydrogen-bond acceptors (Lipinski definition) is 7. The Hall–Kier alpha value is -3.14. The summed E-state index contributed by atoms with van der Waals surface area (Å²) in [7, 11) is -2.84. The molecule has 10 heteroatoms. The number of nitrogens with one attached hydrogen (secondary N) is 1. The molecule has 142 valence electrons. The van der Waals surface area contributed by atoms with Crippen LogP contribution >= 0.6 is 0 Å². The second-order valence-electron chi connectivity index (χ2n) is 5.76. The van der Waals surface area contributed by atoms with Gasteiger partial charge in [-0.2, -0.15) is 0 Å². The Morgan fingerprint density at radius 2 is 1.81 bits per heavy atom. The molecule has 0 saturated heterocycles. The predicted molar refractivity (Wildman–Crippen MR) is 94.6 cm³/mol. The van der Waals surface area contributed by atoms with Gasteiger partial charge >= 0.3 is 12.1 Å². The van der Waals surface area contributed by atoms with Crippen molar-refractivity contribution >= 4 is 44.5 Å². The molecule has 0 bridgehead atoms. The zero-order valence-corrected chi connectivity index (χ0v) is 15.3. The van der Waals surface area contributed by atoms with Gasteiger partial charge in [0.1, 0.15) is 6.54 Å². The first-order valence-electron chi connectivity index (χ1n) is 7.88. The van der Waals surface area contributed by atoms with E-state index in [4.69, 9.17) is 4.74 Å². The van der Waals surface area contributed by atoms with E-state index in [0.29, 0.717) is 11.1 Å². The summed E-state index contributed by atoms with van der Waals surface area (Å²) in [6, 6.07) is 9.93. The van der Waals surface area contributed by atoms with E-state index in [2.05, 4.69) is 4.74 Å². The number of rotatable bonds is 4. The van der Waals surface area contributed by atoms with Crippen LogP contribution in [0.1, 0.15) is 6.92 Å². The molecule has 1 aliphatic rings. The van der Waals surface area contributed by atoms with Gasteiger partial charge in [-0.05, 0) is 24.4 Å². The summed E-state index contributed by atoms with van der Waals surface area (Å²) in [6.07, 6.45) is -2.30. The molecule has 0 aliphatic carbocycles. The van der Waals surface area contributed by atoms with Crippen molar-refractivity contribution in [2.45, 2.75) is 17.9 Å². The predicted octanol–water partition coefficient (Wildman–Crippen LogP) is 1.16. The summed E-state index contributed by atoms with van der Waals surface area (Å²) < 4.78 is 35.7. The van der Waals surface area contributed by atoms with E-state index in [0.717, 1.165) is 16.8 Å². The Kier molecular flexibility index (Phi) is 4.75. The van der Waals surface area contributed by atoms with Crippen molar-refractivity contribution in [3.05, 3.63) is 36.4 Å². The normalized spacial score (nSPS) is 15.3. The Balaban J connectivity index is 1.79. The van der Waals surface area contributed by atoms with Crippen LogP contribution in [0.5, 0.6) is 0 Å². The van der Waals surface area contributed by atoms with Crippen molar-refractivity contribution in [1.82, 2.24) is 5.32 Å². The second kappa shape index (κ2) is 6.88. The maximum Gasteiger partial charge on any atom is 0.413 e. The molecule has 27 heavy (non-hydrogen) atoms. The first-order valence-corrected chi connectivity index (χ1v) is 9.32. The average Bonchev–Trinajstić information content (AvgIpc) is 2.85. The van der Waals surface area contributed by atoms with Crippen molar-refractivity contribution in [3.8, 4) is 0 Å². The molecular formula is C17H16N2O7S. The largest absolute Gasteiger partial charge is 0.453 e. The standard InChI is InChI=1S/C17H16N2O7S/c1-10(16(21)18-17(22)25-2)26-14(20)9-19-12-7-3-5-11-6-4-8-13(15(11)12)27(19,23)24/h3-8,10H,9H2,1-2H3,(H,18,21,22)/t10-/m1/s1. The highest BCUT2D eigenvalue weighted by atomic mass is 32.2. The smallest absolute Gasteiger partial charge is 0.413 e. The molecule has 0 fully saturated rings. The van der Waals surface area contributed by atoms with Gasteiger partial charge in [-0.3, -0.25) is 19.2 Å². The van der Waals surface area contributed by atoms with Gasteiger partial charge in [-0.1, -0.05) is 24.3 Å². The lowest BCUT2D eigenvalue weighted by molar-refractivity contribution is -0.153. The molecule has 1 N–H and O–H groups in total. The van der Waals surface area contributed by atoms with Crippen LogP contribution in [0.25, 0.3) is 10.8 Å². The topological polar surface area (TPSA) is 119 Å². The summed E-state index contributed by atoms with van der Waals surface area (Å²) in [5.41, 5.74) is 0.367. The van der Waals surface area contributed by atoms with Crippen molar-refractivity contribution in [2.75, 3.05) is 18.0 Å². The molecule has 0 radical (unpaired) electrons. The molecular weight excluding hydrogens is 376 g/mol. The lowest BCUT2D eigenvalue weighted by Crippen LogP contribution is -2.41. The molecule has 3 rings (SSSR count). The van der Waals surface area contributed by atoms with E-state index in [1.165, 1.54) is 13.0 Å². The molecule has 2 aromatic carbocycles. The molecule has 2 amide bonds. The summed E-state index contributed by atoms with van der Waals surface area (Å²) in [4.78, 5) is 35.1. The number of esters is 1. The molecule has 1 aliphatic heterocycles. The molecule has 0 unspecified atom stereocenters. The first kappa shape index (κ1) is 18.6. The van der Waals surface area contributed by atoms with E-state index in [9.17, 15) is 22.8 Å². The van der Waals surface area contributed by atoms with Crippen molar-refractivity contribution in [3.63, 3.8) is 0 Å². The maximum absolute atomic E-state index is 12.8. The average molecular weight is 392 g/mol. The Labute approximate surface area is 154 Å². The minimum atomic E-state index is -3.91. The van der Waals surface area contributed by atoms with Gasteiger partial charge < -0.3 is 9.47 Å². The van der Waals surface area contributed by atoms with E-state index in [-0.39, 0.29) is 4.90 Å². The fourth-order valence-corrected chi connectivity index (χ4v) is 4.44. The number of hydrogen-bond donors (Lipinski definition) is 1. The second-order valence-corrected chi connectivity index (χ2v) is 7.59. The number of carbonyl (C=O) groups excluding carboxylic acids is 3. The highest BCUT2D eigenvalue weighted by Crippen LogP contribution is 2.41. The van der Waals surface area contributed by atoms with Crippen LogP contribution in [0, 0.1) is 0 Å². The SMILES string of the molecule is COC(=O)NC(=O)[C@@H](C)OC(=O)CN1c2cccc3cccc(c23)S1(=O)=O. The van der Waals surface area contributed by atoms with Crippen LogP contribution in [0.2, 0.25) is 0 Å². The zero-order valence-electron chi connectivity index (χ0n) is 14.5. The van der Waals surface area contributed by atoms with Crippen LogP contribution in [0.4, 0.5) is 10.5 Å². The Bertz CT molecular complexity index is 1040. The zero-order chi connectivity index (χ0) is 19.8. The van der Waals surface area contributed by atoms with Crippen molar-refractivity contribution in [1.29, 1.82) is 0 Å². The monoisotopic (exact) mass is 392 g/mol. The van der Waals surface area contributed by atoms with Crippen LogP contribution in [0.15, 0.2) is 41.3 Å². The van der Waals surface area contributed by atoms with E-state index >= 15 is 0 Å². The van der Waals surface area contributed by atoms with Crippen LogP contribution in [0.3, 0.4) is 0 Å². The molecule has 1 heterocycles. The highest BCUT2D eigenvalue weighted by Gasteiger charge is 2.37. The number of sulfonamides is 1. The highest BCUT2D eigenvalue weighted by molar-refractivity contribution is 7.93. The summed E-state index contributed by atoms with van der Waals surface area (Å²) in [5, 5.41) is 3.13. The maximum atomic E-state index is 12.8. The number of imide groups is 1. The number of methoxy groups -OCH3 is 1. The molecule has 0 aromatic heterocycles. The van der Waals surface area contributed by atoms with Gasteiger partial charge in [0.25, 0.3) is 15.9 Å². The lowest BCUT2D eigenvalue weighted by atomic mass is 10.1. The molecule has 0 saturated carbocycles. The van der Waals surface area contributed by atoms with Gasteiger partial charge in [0.2, 0.25) is 0 Å². The summed E-state index contributed by atoms with van der Waals surface area (Å²) in [5.74, 6) is -1.82. The Morgan fingerprint density at radius 1 is 1.15 bits per heavy atom. The third-order valence-corrected chi connectivity index (χ3v) is 5.84. The van der Waals surface area contributed by atoms with Gasteiger partial charge in [-0.15, -0.1) is 0 Å². The minimum absolute atomic E-state index is 0.111. The van der Waals surface area contributed by atoms with Crippen molar-refractivity contribution in [2.24, 2.45) is 0 Å². The number of benzene rings is 2. The summed E-state index contributed by atoms with van der Waals surface area (Å²) in [6.45, 7) is 0.649. The number of anilines is 1. The molecule has 9 nitrogen and oxygen atoms in total. The van der Waals surface area contributed by atoms with E-state index < -0.39 is 40.6 Å². The Morgan fingerprint density at radius 3 is 2.48 bits per heavy atom. The fourth-order valence-electron chi connectivity index (χ4n) is 2.79. The van der Waals surface area contributed by atoms with Gasteiger partial charge in [-0.25, -0.2) is 13.2 Å². The quantitative estimate of drug-likeness (QED) is 0.776. The van der Waals surface area contributed by atoms with E-state index in [1.807, 2.05) is 5.32 Å². The molecule has 2 aromatic rings. The lowest BCUT2D eigenvalue weighted by Gasteiger charge is -2.19. The van der Waals surface area contributed by atoms with Gasteiger partial charge in [0, 0.05) is 5.39 Å². The van der Waals surface area contributed by atoms with Gasteiger partial charge in [0.15, 0.2) is 6.10 Å². The molecule has 1 atom stereocenters. The fraction of sp³-hybridized carbons (Fsp3) is 0.235. The third-order valence-electron chi connectivity index (χ3n) is 4.04. The van der Waals surface area contributed by atoms with Crippen LogP contribution in [-0.4, -0.2) is 46.1 Å². The van der Waals surface area contributed by atoms with Crippen LogP contribution in [-0.2, 0) is 29.1 Å². The van der Waals surface area contributed by atoms with Gasteiger partial charge in [0.05, 0.1) is 17.7 Å². The number of amides is 2. The van der Waals surface area contributed by atoms with Crippen LogP contribution < -0.4 is 9.62 Å². The third kappa shape index (κ3) is 3.31. The number of carbonyl (C=O) groups is 3. The number of alkyl carbamates (subject to hydrolysis) is 1. The summed E-state index contributed by atoms with van der Waals surface area (Å²) >= 11 is 0. The van der Waals surface area contributed by atoms with Crippen molar-refractivity contribution < 1.29 is 32.3 Å². The minimum Gasteiger partial charge on any atom is -0.453 e. The molecule has 0 spiro atoms. The van der Waals surface area contributed by atoms with E-state index in [1.54, 1.807) is 30.3 Å². The number of nitrogens with zero attached hydrogens (tertiary/aromatic N) is 1.